The first kappa shape index (κ1) is 16.0. The molecule has 0 radical (unpaired) electrons. The number of thioether (sulfide) groups is 1. The molecule has 1 aromatic rings. The van der Waals surface area contributed by atoms with Gasteiger partial charge in [0.25, 0.3) is 0 Å². The SMILES string of the molecule is COCCSC1=N[C@H]2CS(=O)(=O)C[C@@H]2N1c1ccc2c(c1)OCO2. The van der Waals surface area contributed by atoms with Crippen LogP contribution in [-0.2, 0) is 14.6 Å². The van der Waals surface area contributed by atoms with Crippen LogP contribution in [0.5, 0.6) is 11.5 Å². The average molecular weight is 370 g/mol. The Labute approximate surface area is 144 Å². The summed E-state index contributed by atoms with van der Waals surface area (Å²) in [6.07, 6.45) is 0. The molecule has 0 aromatic heterocycles. The molecule has 1 fully saturated rings. The predicted molar refractivity (Wildman–Crippen MR) is 93.0 cm³/mol. The molecule has 3 aliphatic rings. The van der Waals surface area contributed by atoms with Crippen molar-refractivity contribution in [2.45, 2.75) is 12.1 Å². The smallest absolute Gasteiger partial charge is 0.231 e. The van der Waals surface area contributed by atoms with Crippen molar-refractivity contribution in [3.63, 3.8) is 0 Å². The largest absolute Gasteiger partial charge is 0.454 e. The Hall–Kier alpha value is -1.45. The number of amidine groups is 1. The molecule has 3 heterocycles. The van der Waals surface area contributed by atoms with Crippen molar-refractivity contribution < 1.29 is 22.6 Å². The maximum Gasteiger partial charge on any atom is 0.231 e. The minimum absolute atomic E-state index is 0.118. The second-order valence-electron chi connectivity index (χ2n) is 5.87. The number of methoxy groups -OCH3 is 1. The van der Waals surface area contributed by atoms with Crippen molar-refractivity contribution in [2.24, 2.45) is 4.99 Å². The van der Waals surface area contributed by atoms with Crippen molar-refractivity contribution in [1.82, 2.24) is 0 Å². The van der Waals surface area contributed by atoms with Crippen LogP contribution in [0.25, 0.3) is 0 Å². The second kappa shape index (κ2) is 6.12. The number of rotatable bonds is 4. The third-order valence-electron chi connectivity index (χ3n) is 4.26. The summed E-state index contributed by atoms with van der Waals surface area (Å²) in [6, 6.07) is 5.31. The lowest BCUT2D eigenvalue weighted by Gasteiger charge is -2.26. The van der Waals surface area contributed by atoms with Crippen LogP contribution in [0.1, 0.15) is 0 Å². The van der Waals surface area contributed by atoms with E-state index in [1.54, 1.807) is 18.9 Å². The average Bonchev–Trinajstić information content (AvgIpc) is 3.18. The molecule has 0 N–H and O–H groups in total. The Balaban J connectivity index is 1.65. The zero-order valence-corrected chi connectivity index (χ0v) is 14.8. The molecule has 0 bridgehead atoms. The highest BCUT2D eigenvalue weighted by molar-refractivity contribution is 8.14. The third-order valence-corrected chi connectivity index (χ3v) is 6.89. The molecule has 0 amide bonds. The first-order chi connectivity index (χ1) is 11.6. The maximum atomic E-state index is 12.0. The van der Waals surface area contributed by atoms with Gasteiger partial charge in [0.1, 0.15) is 0 Å². The van der Waals surface area contributed by atoms with Crippen LogP contribution in [0, 0.1) is 0 Å². The summed E-state index contributed by atoms with van der Waals surface area (Å²) in [5, 5.41) is 0.843. The molecule has 24 heavy (non-hydrogen) atoms. The van der Waals surface area contributed by atoms with Crippen molar-refractivity contribution in [3.8, 4) is 11.5 Å². The Morgan fingerprint density at radius 1 is 1.33 bits per heavy atom. The normalized spacial score (nSPS) is 26.5. The van der Waals surface area contributed by atoms with Gasteiger partial charge in [-0.05, 0) is 12.1 Å². The lowest BCUT2D eigenvalue weighted by atomic mass is 10.1. The van der Waals surface area contributed by atoms with E-state index in [9.17, 15) is 8.42 Å². The van der Waals surface area contributed by atoms with E-state index in [-0.39, 0.29) is 30.4 Å². The molecule has 3 aliphatic heterocycles. The van der Waals surface area contributed by atoms with Gasteiger partial charge in [0.2, 0.25) is 6.79 Å². The van der Waals surface area contributed by atoms with Gasteiger partial charge in [-0.3, -0.25) is 4.99 Å². The van der Waals surface area contributed by atoms with Crippen molar-refractivity contribution >= 4 is 32.5 Å². The van der Waals surface area contributed by atoms with Gasteiger partial charge in [0, 0.05) is 24.6 Å². The van der Waals surface area contributed by atoms with E-state index in [0.29, 0.717) is 18.1 Å². The van der Waals surface area contributed by atoms with Gasteiger partial charge in [0.15, 0.2) is 26.5 Å². The number of aliphatic imine (C=N–C) groups is 1. The van der Waals surface area contributed by atoms with Crippen LogP contribution in [-0.4, -0.2) is 63.4 Å². The van der Waals surface area contributed by atoms with Gasteiger partial charge in [-0.1, -0.05) is 11.8 Å². The highest BCUT2D eigenvalue weighted by Crippen LogP contribution is 2.40. The summed E-state index contributed by atoms with van der Waals surface area (Å²) in [7, 11) is -1.38. The molecule has 4 rings (SSSR count). The zero-order valence-electron chi connectivity index (χ0n) is 13.2. The first-order valence-electron chi connectivity index (χ1n) is 7.66. The molecule has 1 aromatic carbocycles. The van der Waals surface area contributed by atoms with E-state index < -0.39 is 9.84 Å². The standard InChI is InChI=1S/C15H18N2O5S2/c1-20-4-5-23-15-16-11-7-24(18,19)8-12(11)17(15)10-2-3-13-14(6-10)22-9-21-13/h2-3,6,11-12H,4-5,7-9H2,1H3/t11-,12-/m0/s1. The molecule has 130 valence electrons. The van der Waals surface area contributed by atoms with Crippen molar-refractivity contribution in [1.29, 1.82) is 0 Å². The predicted octanol–water partition coefficient (Wildman–Crippen LogP) is 1.14. The van der Waals surface area contributed by atoms with Crippen LogP contribution in [0.4, 0.5) is 5.69 Å². The van der Waals surface area contributed by atoms with Gasteiger partial charge < -0.3 is 19.1 Å². The fraction of sp³-hybridized carbons (Fsp3) is 0.533. The number of hydrogen-bond acceptors (Lipinski definition) is 8. The molecule has 9 heteroatoms. The minimum Gasteiger partial charge on any atom is -0.454 e. The topological polar surface area (TPSA) is 77.4 Å². The fourth-order valence-corrected chi connectivity index (χ4v) is 6.05. The van der Waals surface area contributed by atoms with Gasteiger partial charge in [-0.2, -0.15) is 0 Å². The van der Waals surface area contributed by atoms with E-state index in [2.05, 4.69) is 4.99 Å². The molecular weight excluding hydrogens is 352 g/mol. The molecule has 0 unspecified atom stereocenters. The summed E-state index contributed by atoms with van der Waals surface area (Å²) in [5.74, 6) is 2.40. The minimum atomic E-state index is -3.05. The van der Waals surface area contributed by atoms with Crippen LogP contribution in [0.2, 0.25) is 0 Å². The third kappa shape index (κ3) is 2.84. The fourth-order valence-electron chi connectivity index (χ4n) is 3.19. The Kier molecular flexibility index (Phi) is 4.09. The summed E-state index contributed by atoms with van der Waals surface area (Å²) < 4.78 is 39.9. The van der Waals surface area contributed by atoms with Gasteiger partial charge in [-0.25, -0.2) is 8.42 Å². The van der Waals surface area contributed by atoms with Gasteiger partial charge in [0.05, 0.1) is 30.2 Å². The quantitative estimate of drug-likeness (QED) is 0.736. The number of ether oxygens (including phenoxy) is 3. The van der Waals surface area contributed by atoms with Gasteiger partial charge >= 0.3 is 0 Å². The number of sulfone groups is 1. The van der Waals surface area contributed by atoms with E-state index in [1.165, 1.54) is 0 Å². The monoisotopic (exact) mass is 370 g/mol. The van der Waals surface area contributed by atoms with Gasteiger partial charge in [-0.15, -0.1) is 0 Å². The van der Waals surface area contributed by atoms with Crippen molar-refractivity contribution in [2.75, 3.05) is 42.7 Å². The van der Waals surface area contributed by atoms with Crippen LogP contribution in [0.3, 0.4) is 0 Å². The van der Waals surface area contributed by atoms with Crippen molar-refractivity contribution in [3.05, 3.63) is 18.2 Å². The van der Waals surface area contributed by atoms with E-state index in [0.717, 1.165) is 16.6 Å². The number of benzene rings is 1. The number of nitrogens with zero attached hydrogens (tertiary/aromatic N) is 2. The zero-order chi connectivity index (χ0) is 16.7. The second-order valence-corrected chi connectivity index (χ2v) is 9.09. The number of anilines is 1. The highest BCUT2D eigenvalue weighted by Gasteiger charge is 2.47. The summed E-state index contributed by atoms with van der Waals surface area (Å²) in [4.78, 5) is 6.69. The Morgan fingerprint density at radius 3 is 3.00 bits per heavy atom. The first-order valence-corrected chi connectivity index (χ1v) is 10.5. The molecule has 0 saturated carbocycles. The number of fused-ring (bicyclic) bond motifs is 2. The molecule has 0 spiro atoms. The summed E-state index contributed by atoms with van der Waals surface area (Å²) in [6.45, 7) is 0.828. The molecular formula is C15H18N2O5S2. The van der Waals surface area contributed by atoms with E-state index in [1.807, 2.05) is 23.1 Å². The van der Waals surface area contributed by atoms with E-state index in [4.69, 9.17) is 14.2 Å². The Morgan fingerprint density at radius 2 is 2.17 bits per heavy atom. The number of hydrogen-bond donors (Lipinski definition) is 0. The lowest BCUT2D eigenvalue weighted by molar-refractivity contribution is 0.174. The van der Waals surface area contributed by atoms with Crippen LogP contribution < -0.4 is 14.4 Å². The molecule has 2 atom stereocenters. The lowest BCUT2D eigenvalue weighted by Crippen LogP contribution is -2.39. The molecule has 0 aliphatic carbocycles. The van der Waals surface area contributed by atoms with E-state index >= 15 is 0 Å². The summed E-state index contributed by atoms with van der Waals surface area (Å²) in [5.41, 5.74) is 0.882. The van der Waals surface area contributed by atoms with Crippen LogP contribution >= 0.6 is 11.8 Å². The Bertz CT molecular complexity index is 780. The molecule has 7 nitrogen and oxygen atoms in total. The maximum absolute atomic E-state index is 12.0. The molecule has 1 saturated heterocycles. The summed E-state index contributed by atoms with van der Waals surface area (Å²) >= 11 is 1.59. The highest BCUT2D eigenvalue weighted by atomic mass is 32.2. The van der Waals surface area contributed by atoms with Crippen LogP contribution in [0.15, 0.2) is 23.2 Å².